The van der Waals surface area contributed by atoms with Crippen LogP contribution in [0, 0.1) is 6.92 Å². The van der Waals surface area contributed by atoms with Gasteiger partial charge in [0.1, 0.15) is 6.42 Å². The SMILES string of the molecule is CCOc1ccc(C=NNC(=O)CC(=O)Nc2ccccc2C)cc1OCC. The fourth-order valence-electron chi connectivity index (χ4n) is 2.42. The number of hydrogen-bond acceptors (Lipinski definition) is 5. The van der Waals surface area contributed by atoms with Crippen LogP contribution in [0.15, 0.2) is 47.6 Å². The predicted molar refractivity (Wildman–Crippen MR) is 109 cm³/mol. The molecule has 0 aliphatic heterocycles. The summed E-state index contributed by atoms with van der Waals surface area (Å²) >= 11 is 0. The maximum Gasteiger partial charge on any atom is 0.249 e. The van der Waals surface area contributed by atoms with E-state index >= 15 is 0 Å². The fourth-order valence-corrected chi connectivity index (χ4v) is 2.42. The lowest BCUT2D eigenvalue weighted by molar-refractivity contribution is -0.126. The zero-order chi connectivity index (χ0) is 20.4. The minimum atomic E-state index is -0.502. The van der Waals surface area contributed by atoms with E-state index in [1.54, 1.807) is 24.3 Å². The number of ether oxygens (including phenoxy) is 2. The molecule has 7 heteroatoms. The minimum absolute atomic E-state index is 0.320. The van der Waals surface area contributed by atoms with Crippen molar-refractivity contribution in [1.29, 1.82) is 0 Å². The van der Waals surface area contributed by atoms with Gasteiger partial charge in [0.2, 0.25) is 11.8 Å². The van der Waals surface area contributed by atoms with E-state index in [0.29, 0.717) is 30.4 Å². The molecule has 2 aromatic rings. The molecule has 2 N–H and O–H groups in total. The minimum Gasteiger partial charge on any atom is -0.490 e. The molecule has 0 fully saturated rings. The first-order valence-corrected chi connectivity index (χ1v) is 9.10. The first kappa shape index (κ1) is 21.0. The third-order valence-electron chi connectivity index (χ3n) is 3.71. The summed E-state index contributed by atoms with van der Waals surface area (Å²) in [6.07, 6.45) is 1.16. The fraction of sp³-hybridized carbons (Fsp3) is 0.286. The highest BCUT2D eigenvalue weighted by Crippen LogP contribution is 2.27. The zero-order valence-corrected chi connectivity index (χ0v) is 16.3. The van der Waals surface area contributed by atoms with E-state index in [9.17, 15) is 9.59 Å². The van der Waals surface area contributed by atoms with E-state index in [2.05, 4.69) is 15.8 Å². The monoisotopic (exact) mass is 383 g/mol. The number of amides is 2. The van der Waals surface area contributed by atoms with Crippen LogP contribution in [0.2, 0.25) is 0 Å². The van der Waals surface area contributed by atoms with Crippen molar-refractivity contribution in [2.45, 2.75) is 27.2 Å². The van der Waals surface area contributed by atoms with Crippen molar-refractivity contribution < 1.29 is 19.1 Å². The van der Waals surface area contributed by atoms with Gasteiger partial charge in [0.15, 0.2) is 11.5 Å². The molecule has 7 nitrogen and oxygen atoms in total. The van der Waals surface area contributed by atoms with Gasteiger partial charge < -0.3 is 14.8 Å². The number of anilines is 1. The number of hydrazone groups is 1. The molecule has 0 spiro atoms. The Morgan fingerprint density at radius 1 is 1.00 bits per heavy atom. The second kappa shape index (κ2) is 10.7. The van der Waals surface area contributed by atoms with Crippen LogP contribution in [0.1, 0.15) is 31.4 Å². The molecule has 28 heavy (non-hydrogen) atoms. The molecule has 2 aromatic carbocycles. The molecule has 0 saturated carbocycles. The van der Waals surface area contributed by atoms with E-state index in [1.807, 2.05) is 39.0 Å². The first-order valence-electron chi connectivity index (χ1n) is 9.10. The highest BCUT2D eigenvalue weighted by molar-refractivity contribution is 6.04. The van der Waals surface area contributed by atoms with Gasteiger partial charge in [-0.3, -0.25) is 9.59 Å². The topological polar surface area (TPSA) is 89.0 Å². The summed E-state index contributed by atoms with van der Waals surface area (Å²) in [5, 5.41) is 6.60. The van der Waals surface area contributed by atoms with Crippen LogP contribution >= 0.6 is 0 Å². The Bertz CT molecular complexity index is 849. The summed E-state index contributed by atoms with van der Waals surface area (Å²) in [7, 11) is 0. The number of carbonyl (C=O) groups excluding carboxylic acids is 2. The average molecular weight is 383 g/mol. The third kappa shape index (κ3) is 6.42. The Morgan fingerprint density at radius 2 is 1.71 bits per heavy atom. The molecule has 148 valence electrons. The molecule has 0 aliphatic carbocycles. The first-order chi connectivity index (χ1) is 13.5. The molecule has 0 unspecified atom stereocenters. The van der Waals surface area contributed by atoms with Crippen LogP contribution in [0.4, 0.5) is 5.69 Å². The lowest BCUT2D eigenvalue weighted by Gasteiger charge is -2.11. The highest BCUT2D eigenvalue weighted by Gasteiger charge is 2.10. The summed E-state index contributed by atoms with van der Waals surface area (Å²) in [4.78, 5) is 23.9. The molecule has 0 heterocycles. The molecule has 0 radical (unpaired) electrons. The molecule has 0 aliphatic rings. The lowest BCUT2D eigenvalue weighted by Crippen LogP contribution is -2.24. The summed E-state index contributed by atoms with van der Waals surface area (Å²) < 4.78 is 11.1. The van der Waals surface area contributed by atoms with Crippen molar-refractivity contribution in [3.05, 3.63) is 53.6 Å². The number of benzene rings is 2. The van der Waals surface area contributed by atoms with Crippen molar-refractivity contribution in [2.75, 3.05) is 18.5 Å². The Morgan fingerprint density at radius 3 is 2.43 bits per heavy atom. The standard InChI is InChI=1S/C21H25N3O4/c1-4-27-18-11-10-16(12-19(18)28-5-2)14-22-24-21(26)13-20(25)23-17-9-7-6-8-15(17)3/h6-12,14H,4-5,13H2,1-3H3,(H,23,25)(H,24,26). The van der Waals surface area contributed by atoms with Gasteiger partial charge in [0, 0.05) is 5.69 Å². The lowest BCUT2D eigenvalue weighted by atomic mass is 10.2. The molecule has 2 amide bonds. The molecule has 0 saturated heterocycles. The van der Waals surface area contributed by atoms with Crippen LogP contribution < -0.4 is 20.2 Å². The largest absolute Gasteiger partial charge is 0.490 e. The van der Waals surface area contributed by atoms with E-state index in [-0.39, 0.29) is 6.42 Å². The van der Waals surface area contributed by atoms with Crippen molar-refractivity contribution in [3.63, 3.8) is 0 Å². The van der Waals surface area contributed by atoms with Gasteiger partial charge in [0.25, 0.3) is 0 Å². The van der Waals surface area contributed by atoms with E-state index < -0.39 is 11.8 Å². The van der Waals surface area contributed by atoms with Crippen molar-refractivity contribution >= 4 is 23.7 Å². The number of para-hydroxylation sites is 1. The van der Waals surface area contributed by atoms with E-state index in [4.69, 9.17) is 9.47 Å². The summed E-state index contributed by atoms with van der Waals surface area (Å²) in [6, 6.07) is 12.7. The maximum absolute atomic E-state index is 12.0. The Balaban J connectivity index is 1.89. The van der Waals surface area contributed by atoms with Gasteiger partial charge in [-0.2, -0.15) is 5.10 Å². The molecular weight excluding hydrogens is 358 g/mol. The average Bonchev–Trinajstić information content (AvgIpc) is 2.66. The molecule has 2 rings (SSSR count). The maximum atomic E-state index is 12.0. The normalized spacial score (nSPS) is 10.5. The van der Waals surface area contributed by atoms with Gasteiger partial charge in [-0.15, -0.1) is 0 Å². The number of nitrogens with one attached hydrogen (secondary N) is 2. The molecule has 0 bridgehead atoms. The van der Waals surface area contributed by atoms with Crippen LogP contribution in [-0.4, -0.2) is 31.2 Å². The summed E-state index contributed by atoms with van der Waals surface area (Å²) in [6.45, 7) is 6.71. The zero-order valence-electron chi connectivity index (χ0n) is 16.3. The van der Waals surface area contributed by atoms with Gasteiger partial charge >= 0.3 is 0 Å². The molecular formula is C21H25N3O4. The van der Waals surface area contributed by atoms with Crippen LogP contribution in [0.3, 0.4) is 0 Å². The summed E-state index contributed by atoms with van der Waals surface area (Å²) in [5.74, 6) is 0.357. The quantitative estimate of drug-likeness (QED) is 0.395. The van der Waals surface area contributed by atoms with Gasteiger partial charge in [-0.25, -0.2) is 5.43 Å². The second-order valence-electron chi connectivity index (χ2n) is 5.91. The molecule has 0 atom stereocenters. The van der Waals surface area contributed by atoms with Crippen LogP contribution in [0.5, 0.6) is 11.5 Å². The molecule has 0 aromatic heterocycles. The Kier molecular flexibility index (Phi) is 8.02. The van der Waals surface area contributed by atoms with Crippen LogP contribution in [-0.2, 0) is 9.59 Å². The van der Waals surface area contributed by atoms with Crippen molar-refractivity contribution in [3.8, 4) is 11.5 Å². The second-order valence-corrected chi connectivity index (χ2v) is 5.91. The highest BCUT2D eigenvalue weighted by atomic mass is 16.5. The smallest absolute Gasteiger partial charge is 0.249 e. The van der Waals surface area contributed by atoms with E-state index in [1.165, 1.54) is 6.21 Å². The third-order valence-corrected chi connectivity index (χ3v) is 3.71. The van der Waals surface area contributed by atoms with Crippen molar-refractivity contribution in [2.24, 2.45) is 5.10 Å². The number of hydrogen-bond donors (Lipinski definition) is 2. The Hall–Kier alpha value is -3.35. The predicted octanol–water partition coefficient (Wildman–Crippen LogP) is 3.27. The van der Waals surface area contributed by atoms with E-state index in [0.717, 1.165) is 11.1 Å². The van der Waals surface area contributed by atoms with Gasteiger partial charge in [-0.05, 0) is 56.2 Å². The number of aryl methyl sites for hydroxylation is 1. The number of rotatable bonds is 9. The van der Waals surface area contributed by atoms with Crippen molar-refractivity contribution in [1.82, 2.24) is 5.43 Å². The Labute approximate surface area is 164 Å². The number of carbonyl (C=O) groups is 2. The van der Waals surface area contributed by atoms with Crippen LogP contribution in [0.25, 0.3) is 0 Å². The van der Waals surface area contributed by atoms with Gasteiger partial charge in [0.05, 0.1) is 19.4 Å². The number of nitrogens with zero attached hydrogens (tertiary/aromatic N) is 1. The van der Waals surface area contributed by atoms with Gasteiger partial charge in [-0.1, -0.05) is 18.2 Å². The summed E-state index contributed by atoms with van der Waals surface area (Å²) in [5.41, 5.74) is 4.69.